The van der Waals surface area contributed by atoms with Crippen molar-refractivity contribution in [1.82, 2.24) is 0 Å². The van der Waals surface area contributed by atoms with Gasteiger partial charge in [0.05, 0.1) is 22.4 Å². The van der Waals surface area contributed by atoms with Gasteiger partial charge in [0, 0.05) is 27.3 Å². The Kier molecular flexibility index (Phi) is 7.17. The minimum absolute atomic E-state index is 0.849. The first kappa shape index (κ1) is 31.2. The number of hydrogen-bond acceptors (Lipinski definition) is 3. The van der Waals surface area contributed by atoms with Crippen molar-refractivity contribution in [3.8, 4) is 33.4 Å². The van der Waals surface area contributed by atoms with Gasteiger partial charge >= 0.3 is 0 Å². The molecule has 55 heavy (non-hydrogen) atoms. The van der Waals surface area contributed by atoms with E-state index < -0.39 is 0 Å². The number of benzene rings is 9. The first-order valence-electron chi connectivity index (χ1n) is 18.7. The Balaban J connectivity index is 1.22. The lowest BCUT2D eigenvalue weighted by molar-refractivity contribution is 0.668. The van der Waals surface area contributed by atoms with Crippen molar-refractivity contribution in [2.75, 3.05) is 4.90 Å². The number of hydrogen-bond donors (Lipinski definition) is 0. The van der Waals surface area contributed by atoms with E-state index in [1.165, 1.54) is 27.5 Å². The number of nitrogens with zero attached hydrogens (tertiary/aromatic N) is 1. The molecule has 0 fully saturated rings. The Bertz CT molecular complexity index is 3220. The third kappa shape index (κ3) is 5.05. The fourth-order valence-corrected chi connectivity index (χ4v) is 8.46. The summed E-state index contributed by atoms with van der Waals surface area (Å²) in [6.07, 6.45) is 0. The van der Waals surface area contributed by atoms with E-state index in [1.54, 1.807) is 0 Å². The van der Waals surface area contributed by atoms with Crippen LogP contribution in [0.1, 0.15) is 0 Å². The third-order valence-corrected chi connectivity index (χ3v) is 10.9. The lowest BCUT2D eigenvalue weighted by Crippen LogP contribution is -2.13. The molecule has 0 aliphatic heterocycles. The SMILES string of the molecule is c1ccc(-c2cccc3cccc(-c4ccccc4N(c4ccccc4-c4ccc5oc6ccccc6c5c4)c4cccc5oc6ccccc6c45)c23)cc1. The van der Waals surface area contributed by atoms with E-state index in [2.05, 4.69) is 187 Å². The number of fused-ring (bicyclic) bond motifs is 7. The van der Waals surface area contributed by atoms with Crippen LogP contribution >= 0.6 is 0 Å². The standard InChI is InChI=1S/C52H33NO2/c1-2-15-34(16-3-1)38-23-12-17-35-18-13-24-41(51(35)38)39-20-5-9-26-45(39)53(46-27-14-30-50-52(46)42-22-7-11-29-48(42)55-50)44-25-8-4-19-37(44)36-31-32-49-43(33-36)40-21-6-10-28-47(40)54-49/h1-33H. The summed E-state index contributed by atoms with van der Waals surface area (Å²) in [5.41, 5.74) is 13.6. The Labute approximate surface area is 317 Å². The van der Waals surface area contributed by atoms with Gasteiger partial charge in [-0.05, 0) is 81.6 Å². The van der Waals surface area contributed by atoms with E-state index in [9.17, 15) is 0 Å². The van der Waals surface area contributed by atoms with E-state index in [0.717, 1.165) is 77.6 Å². The van der Waals surface area contributed by atoms with Crippen molar-refractivity contribution in [2.24, 2.45) is 0 Å². The average Bonchev–Trinajstić information content (AvgIpc) is 3.83. The van der Waals surface area contributed by atoms with Crippen LogP contribution in [0.15, 0.2) is 209 Å². The molecule has 9 aromatic carbocycles. The zero-order valence-electron chi connectivity index (χ0n) is 29.8. The first-order chi connectivity index (χ1) is 27.3. The molecule has 3 heteroatoms. The van der Waals surface area contributed by atoms with Gasteiger partial charge in [0.2, 0.25) is 0 Å². The number of para-hydroxylation sites is 4. The van der Waals surface area contributed by atoms with E-state index in [4.69, 9.17) is 8.83 Å². The molecule has 11 aromatic rings. The predicted molar refractivity (Wildman–Crippen MR) is 229 cm³/mol. The Morgan fingerprint density at radius 3 is 1.65 bits per heavy atom. The second-order valence-electron chi connectivity index (χ2n) is 14.0. The van der Waals surface area contributed by atoms with Crippen molar-refractivity contribution in [1.29, 1.82) is 0 Å². The molecular weight excluding hydrogens is 671 g/mol. The Morgan fingerprint density at radius 2 is 0.836 bits per heavy atom. The molecule has 0 saturated heterocycles. The summed E-state index contributed by atoms with van der Waals surface area (Å²) in [7, 11) is 0. The van der Waals surface area contributed by atoms with Crippen molar-refractivity contribution in [3.05, 3.63) is 200 Å². The van der Waals surface area contributed by atoms with Crippen molar-refractivity contribution in [3.63, 3.8) is 0 Å². The van der Waals surface area contributed by atoms with E-state index in [1.807, 2.05) is 18.2 Å². The van der Waals surface area contributed by atoms with Crippen LogP contribution in [0.5, 0.6) is 0 Å². The van der Waals surface area contributed by atoms with Gasteiger partial charge < -0.3 is 13.7 Å². The maximum atomic E-state index is 6.51. The van der Waals surface area contributed by atoms with E-state index in [0.29, 0.717) is 0 Å². The monoisotopic (exact) mass is 703 g/mol. The zero-order valence-corrected chi connectivity index (χ0v) is 29.8. The summed E-state index contributed by atoms with van der Waals surface area (Å²) in [4.78, 5) is 2.44. The van der Waals surface area contributed by atoms with Crippen molar-refractivity contribution < 1.29 is 8.83 Å². The molecule has 0 aliphatic carbocycles. The smallest absolute Gasteiger partial charge is 0.137 e. The van der Waals surface area contributed by atoms with Crippen LogP contribution < -0.4 is 4.90 Å². The normalized spacial score (nSPS) is 11.6. The summed E-state index contributed by atoms with van der Waals surface area (Å²) in [5.74, 6) is 0. The van der Waals surface area contributed by atoms with Crippen molar-refractivity contribution in [2.45, 2.75) is 0 Å². The van der Waals surface area contributed by atoms with E-state index in [-0.39, 0.29) is 0 Å². The summed E-state index contributed by atoms with van der Waals surface area (Å²) < 4.78 is 12.8. The molecule has 2 aromatic heterocycles. The molecule has 0 unspecified atom stereocenters. The molecule has 0 bridgehead atoms. The molecule has 258 valence electrons. The number of furan rings is 2. The Hall–Kier alpha value is -7.36. The molecule has 0 N–H and O–H groups in total. The summed E-state index contributed by atoms with van der Waals surface area (Å²) >= 11 is 0. The lowest BCUT2D eigenvalue weighted by atomic mass is 9.90. The molecule has 0 saturated carbocycles. The Morgan fingerprint density at radius 1 is 0.291 bits per heavy atom. The topological polar surface area (TPSA) is 29.5 Å². The lowest BCUT2D eigenvalue weighted by Gasteiger charge is -2.30. The van der Waals surface area contributed by atoms with Crippen LogP contribution in [0.3, 0.4) is 0 Å². The van der Waals surface area contributed by atoms with Crippen LogP contribution in [0, 0.1) is 0 Å². The van der Waals surface area contributed by atoms with Gasteiger partial charge in [0.15, 0.2) is 0 Å². The third-order valence-electron chi connectivity index (χ3n) is 10.9. The van der Waals surface area contributed by atoms with Gasteiger partial charge in [-0.25, -0.2) is 0 Å². The van der Waals surface area contributed by atoms with Gasteiger partial charge in [0.1, 0.15) is 22.3 Å². The van der Waals surface area contributed by atoms with Crippen LogP contribution in [-0.4, -0.2) is 0 Å². The average molecular weight is 704 g/mol. The van der Waals surface area contributed by atoms with Crippen LogP contribution in [0.4, 0.5) is 17.1 Å². The molecule has 0 aliphatic rings. The molecular formula is C52H33NO2. The summed E-state index contributed by atoms with van der Waals surface area (Å²) in [6, 6.07) is 71.1. The van der Waals surface area contributed by atoms with E-state index >= 15 is 0 Å². The van der Waals surface area contributed by atoms with Gasteiger partial charge in [-0.15, -0.1) is 0 Å². The zero-order chi connectivity index (χ0) is 36.3. The highest BCUT2D eigenvalue weighted by atomic mass is 16.3. The molecule has 0 radical (unpaired) electrons. The van der Waals surface area contributed by atoms with Gasteiger partial charge in [0.25, 0.3) is 0 Å². The van der Waals surface area contributed by atoms with Crippen molar-refractivity contribution >= 4 is 71.7 Å². The maximum Gasteiger partial charge on any atom is 0.137 e. The minimum atomic E-state index is 0.849. The fraction of sp³-hybridized carbons (Fsp3) is 0. The van der Waals surface area contributed by atoms with Gasteiger partial charge in [-0.1, -0.05) is 152 Å². The minimum Gasteiger partial charge on any atom is -0.456 e. The second kappa shape index (κ2) is 12.6. The molecule has 0 spiro atoms. The highest BCUT2D eigenvalue weighted by Crippen LogP contribution is 2.50. The highest BCUT2D eigenvalue weighted by Gasteiger charge is 2.25. The van der Waals surface area contributed by atoms with Gasteiger partial charge in [-0.3, -0.25) is 0 Å². The first-order valence-corrected chi connectivity index (χ1v) is 18.7. The predicted octanol–water partition coefficient (Wildman–Crippen LogP) is 15.1. The quantitative estimate of drug-likeness (QED) is 0.173. The fourth-order valence-electron chi connectivity index (χ4n) is 8.46. The summed E-state index contributed by atoms with van der Waals surface area (Å²) in [5, 5.41) is 6.78. The largest absolute Gasteiger partial charge is 0.456 e. The molecule has 11 rings (SSSR count). The van der Waals surface area contributed by atoms with Crippen LogP contribution in [-0.2, 0) is 0 Å². The van der Waals surface area contributed by atoms with Gasteiger partial charge in [-0.2, -0.15) is 0 Å². The highest BCUT2D eigenvalue weighted by molar-refractivity contribution is 6.16. The maximum absolute atomic E-state index is 6.51. The number of rotatable bonds is 6. The molecule has 0 atom stereocenters. The second-order valence-corrected chi connectivity index (χ2v) is 14.0. The molecule has 3 nitrogen and oxygen atoms in total. The number of anilines is 3. The summed E-state index contributed by atoms with van der Waals surface area (Å²) in [6.45, 7) is 0. The molecule has 2 heterocycles. The van der Waals surface area contributed by atoms with Crippen LogP contribution in [0.25, 0.3) is 88.0 Å². The molecule has 0 amide bonds. The van der Waals surface area contributed by atoms with Crippen LogP contribution in [0.2, 0.25) is 0 Å².